The van der Waals surface area contributed by atoms with E-state index >= 15 is 0 Å². The second-order valence-electron chi connectivity index (χ2n) is 9.42. The molecule has 4 rings (SSSR count). The monoisotopic (exact) mass is 396 g/mol. The molecule has 0 heterocycles. The predicted molar refractivity (Wildman–Crippen MR) is 117 cm³/mol. The first-order valence-corrected chi connectivity index (χ1v) is 11.7. The van der Waals surface area contributed by atoms with Crippen molar-refractivity contribution in [1.82, 2.24) is 0 Å². The van der Waals surface area contributed by atoms with E-state index in [-0.39, 0.29) is 5.56 Å². The third kappa shape index (κ3) is 4.42. The minimum atomic E-state index is -0.417. The van der Waals surface area contributed by atoms with Gasteiger partial charge in [-0.05, 0) is 91.0 Å². The Morgan fingerprint density at radius 3 is 2.14 bits per heavy atom. The summed E-state index contributed by atoms with van der Waals surface area (Å²) in [4.78, 5) is 0. The van der Waals surface area contributed by atoms with E-state index in [4.69, 9.17) is 0 Å². The quantitative estimate of drug-likeness (QED) is 0.477. The van der Waals surface area contributed by atoms with Crippen molar-refractivity contribution < 1.29 is 8.78 Å². The zero-order chi connectivity index (χ0) is 20.4. The van der Waals surface area contributed by atoms with E-state index in [1.807, 2.05) is 24.3 Å². The summed E-state index contributed by atoms with van der Waals surface area (Å²) in [5.74, 6) is 1.94. The zero-order valence-electron chi connectivity index (χ0n) is 17.9. The maximum atomic E-state index is 15.0. The molecule has 0 saturated heterocycles. The summed E-state index contributed by atoms with van der Waals surface area (Å²) in [5.41, 5.74) is 2.83. The predicted octanol–water partition coefficient (Wildman–Crippen LogP) is 8.29. The summed E-state index contributed by atoms with van der Waals surface area (Å²) in [6, 6.07) is 10.9. The third-order valence-electron chi connectivity index (χ3n) is 7.62. The second-order valence-corrected chi connectivity index (χ2v) is 9.42. The van der Waals surface area contributed by atoms with Crippen LogP contribution in [0.2, 0.25) is 0 Å². The topological polar surface area (TPSA) is 0 Å². The van der Waals surface area contributed by atoms with E-state index in [1.54, 1.807) is 12.1 Å². The van der Waals surface area contributed by atoms with Crippen LogP contribution in [-0.2, 0) is 6.42 Å². The van der Waals surface area contributed by atoms with Crippen molar-refractivity contribution in [2.24, 2.45) is 17.8 Å². The SMILES string of the molecule is CCCc1ccc(-c2c(F)cc([C@@H]3CC[C@@H]4CC(CC)CC[C@@H]4C3)cc2F)cc1. The molecule has 0 aromatic heterocycles. The molecule has 29 heavy (non-hydrogen) atoms. The van der Waals surface area contributed by atoms with E-state index in [0.29, 0.717) is 11.5 Å². The highest BCUT2D eigenvalue weighted by atomic mass is 19.1. The highest BCUT2D eigenvalue weighted by Crippen LogP contribution is 2.48. The summed E-state index contributed by atoms with van der Waals surface area (Å²) in [5, 5.41) is 0. The molecular formula is C27H34F2. The van der Waals surface area contributed by atoms with Crippen molar-refractivity contribution in [1.29, 1.82) is 0 Å². The molecule has 0 bridgehead atoms. The summed E-state index contributed by atoms with van der Waals surface area (Å²) >= 11 is 0. The van der Waals surface area contributed by atoms with Crippen LogP contribution in [0.4, 0.5) is 8.78 Å². The van der Waals surface area contributed by atoms with Gasteiger partial charge in [-0.3, -0.25) is 0 Å². The first kappa shape index (κ1) is 20.6. The molecule has 2 heteroatoms. The van der Waals surface area contributed by atoms with Crippen LogP contribution in [-0.4, -0.2) is 0 Å². The lowest BCUT2D eigenvalue weighted by Crippen LogP contribution is -2.30. The van der Waals surface area contributed by atoms with Gasteiger partial charge in [-0.1, -0.05) is 57.4 Å². The highest BCUT2D eigenvalue weighted by molar-refractivity contribution is 5.65. The maximum absolute atomic E-state index is 15.0. The first-order chi connectivity index (χ1) is 14.1. The number of benzene rings is 2. The van der Waals surface area contributed by atoms with Gasteiger partial charge in [0.15, 0.2) is 0 Å². The molecule has 2 fully saturated rings. The Bertz CT molecular complexity index is 800. The van der Waals surface area contributed by atoms with Gasteiger partial charge in [0.2, 0.25) is 0 Å². The molecule has 0 aliphatic heterocycles. The molecule has 0 amide bonds. The molecule has 2 saturated carbocycles. The maximum Gasteiger partial charge on any atom is 0.134 e. The first-order valence-electron chi connectivity index (χ1n) is 11.7. The van der Waals surface area contributed by atoms with Gasteiger partial charge in [0.1, 0.15) is 11.6 Å². The minimum Gasteiger partial charge on any atom is -0.206 e. The lowest BCUT2D eigenvalue weighted by molar-refractivity contribution is 0.116. The van der Waals surface area contributed by atoms with Gasteiger partial charge in [0.25, 0.3) is 0 Å². The van der Waals surface area contributed by atoms with Crippen molar-refractivity contribution in [3.63, 3.8) is 0 Å². The lowest BCUT2D eigenvalue weighted by atomic mass is 9.63. The smallest absolute Gasteiger partial charge is 0.134 e. The second kappa shape index (κ2) is 8.98. The van der Waals surface area contributed by atoms with Crippen molar-refractivity contribution in [3.05, 3.63) is 59.2 Å². The fraction of sp³-hybridized carbons (Fsp3) is 0.556. The van der Waals surface area contributed by atoms with E-state index in [2.05, 4.69) is 13.8 Å². The lowest BCUT2D eigenvalue weighted by Gasteiger charge is -2.42. The summed E-state index contributed by atoms with van der Waals surface area (Å²) in [6.07, 6.45) is 10.7. The van der Waals surface area contributed by atoms with Gasteiger partial charge in [0.05, 0.1) is 5.56 Å². The standard InChI is InChI=1S/C27H34F2/c1-3-5-19-7-9-20(10-8-19)27-25(28)16-24(17-26(27)29)23-13-12-21-14-18(4-2)6-11-22(21)15-23/h7-10,16-18,21-23H,3-6,11-15H2,1-2H3/t18?,21-,22-,23-/m1/s1. The number of rotatable bonds is 5. The molecule has 0 radical (unpaired) electrons. The van der Waals surface area contributed by atoms with Crippen LogP contribution in [0.25, 0.3) is 11.1 Å². The number of hydrogen-bond donors (Lipinski definition) is 0. The number of halogens is 2. The molecule has 156 valence electrons. The zero-order valence-corrected chi connectivity index (χ0v) is 17.9. The Morgan fingerprint density at radius 2 is 1.48 bits per heavy atom. The Labute approximate surface area is 174 Å². The number of aryl methyl sites for hydroxylation is 1. The van der Waals surface area contributed by atoms with Crippen LogP contribution in [0.1, 0.15) is 82.3 Å². The van der Waals surface area contributed by atoms with Gasteiger partial charge in [-0.2, -0.15) is 0 Å². The van der Waals surface area contributed by atoms with Crippen LogP contribution in [0, 0.1) is 29.4 Å². The molecule has 2 aliphatic rings. The fourth-order valence-electron chi connectivity index (χ4n) is 5.89. The van der Waals surface area contributed by atoms with E-state index < -0.39 is 11.6 Å². The average molecular weight is 397 g/mol. The van der Waals surface area contributed by atoms with Crippen LogP contribution < -0.4 is 0 Å². The fourth-order valence-corrected chi connectivity index (χ4v) is 5.89. The minimum absolute atomic E-state index is 0.119. The van der Waals surface area contributed by atoms with Gasteiger partial charge < -0.3 is 0 Å². The van der Waals surface area contributed by atoms with E-state index in [1.165, 1.54) is 37.7 Å². The van der Waals surface area contributed by atoms with E-state index in [9.17, 15) is 8.78 Å². The summed E-state index contributed by atoms with van der Waals surface area (Å²) in [7, 11) is 0. The van der Waals surface area contributed by atoms with Crippen molar-refractivity contribution in [3.8, 4) is 11.1 Å². The van der Waals surface area contributed by atoms with Gasteiger partial charge in [-0.15, -0.1) is 0 Å². The molecular weight excluding hydrogens is 362 g/mol. The highest BCUT2D eigenvalue weighted by Gasteiger charge is 2.35. The molecule has 0 nitrogen and oxygen atoms in total. The van der Waals surface area contributed by atoms with Crippen LogP contribution >= 0.6 is 0 Å². The Kier molecular flexibility index (Phi) is 6.37. The normalized spacial score (nSPS) is 26.9. The molecule has 2 aromatic carbocycles. The Hall–Kier alpha value is -1.70. The van der Waals surface area contributed by atoms with Crippen LogP contribution in [0.5, 0.6) is 0 Å². The van der Waals surface area contributed by atoms with Gasteiger partial charge in [0, 0.05) is 0 Å². The van der Waals surface area contributed by atoms with Crippen molar-refractivity contribution in [2.75, 3.05) is 0 Å². The van der Waals surface area contributed by atoms with Crippen LogP contribution in [0.15, 0.2) is 36.4 Å². The van der Waals surface area contributed by atoms with Gasteiger partial charge in [-0.25, -0.2) is 8.78 Å². The number of hydrogen-bond acceptors (Lipinski definition) is 0. The Balaban J connectivity index is 1.51. The summed E-state index contributed by atoms with van der Waals surface area (Å²) < 4.78 is 30.0. The third-order valence-corrected chi connectivity index (χ3v) is 7.62. The van der Waals surface area contributed by atoms with Crippen LogP contribution in [0.3, 0.4) is 0 Å². The van der Waals surface area contributed by atoms with E-state index in [0.717, 1.165) is 49.0 Å². The molecule has 1 unspecified atom stereocenters. The Morgan fingerprint density at radius 1 is 0.828 bits per heavy atom. The molecule has 0 N–H and O–H groups in total. The number of fused-ring (bicyclic) bond motifs is 1. The van der Waals surface area contributed by atoms with Crippen molar-refractivity contribution in [2.45, 2.75) is 77.6 Å². The average Bonchev–Trinajstić information content (AvgIpc) is 2.74. The molecule has 4 atom stereocenters. The van der Waals surface area contributed by atoms with Crippen molar-refractivity contribution >= 4 is 0 Å². The molecule has 2 aromatic rings. The summed E-state index contributed by atoms with van der Waals surface area (Å²) in [6.45, 7) is 4.44. The molecule has 2 aliphatic carbocycles. The molecule has 0 spiro atoms. The largest absolute Gasteiger partial charge is 0.206 e. The van der Waals surface area contributed by atoms with Gasteiger partial charge >= 0.3 is 0 Å².